The van der Waals surface area contributed by atoms with Crippen LogP contribution in [0, 0.1) is 0 Å². The van der Waals surface area contributed by atoms with Gasteiger partial charge in [-0.25, -0.2) is 4.98 Å². The number of nitrogens with zero attached hydrogens (tertiary/aromatic N) is 2. The highest BCUT2D eigenvalue weighted by atomic mass is 15.3. The molecule has 2 rings (SSSR count). The van der Waals surface area contributed by atoms with Crippen molar-refractivity contribution < 1.29 is 0 Å². The van der Waals surface area contributed by atoms with Crippen molar-refractivity contribution in [2.75, 3.05) is 18.5 Å². The first kappa shape index (κ1) is 14.3. The van der Waals surface area contributed by atoms with E-state index in [1.54, 1.807) is 0 Å². The van der Waals surface area contributed by atoms with E-state index in [-0.39, 0.29) is 5.54 Å². The van der Waals surface area contributed by atoms with Crippen LogP contribution in [0.25, 0.3) is 0 Å². The summed E-state index contributed by atoms with van der Waals surface area (Å²) in [6.45, 7) is 8.92. The Morgan fingerprint density at radius 2 is 2.16 bits per heavy atom. The van der Waals surface area contributed by atoms with Crippen molar-refractivity contribution in [1.29, 1.82) is 0 Å². The van der Waals surface area contributed by atoms with E-state index >= 15 is 0 Å². The Morgan fingerprint density at radius 1 is 1.37 bits per heavy atom. The summed E-state index contributed by atoms with van der Waals surface area (Å²) < 4.78 is 0. The molecule has 19 heavy (non-hydrogen) atoms. The Kier molecular flexibility index (Phi) is 4.46. The third kappa shape index (κ3) is 3.27. The van der Waals surface area contributed by atoms with Gasteiger partial charge in [0, 0.05) is 24.3 Å². The van der Waals surface area contributed by atoms with Crippen LogP contribution >= 0.6 is 0 Å². The Labute approximate surface area is 117 Å². The average Bonchev–Trinajstić information content (AvgIpc) is 2.69. The van der Waals surface area contributed by atoms with E-state index in [2.05, 4.69) is 43.1 Å². The molecule has 0 amide bonds. The van der Waals surface area contributed by atoms with Crippen LogP contribution in [0.4, 0.5) is 5.82 Å². The zero-order valence-electron chi connectivity index (χ0n) is 12.8. The number of pyridine rings is 1. The molecule has 1 fully saturated rings. The molecule has 106 valence electrons. The molecule has 1 aliphatic heterocycles. The zero-order chi connectivity index (χ0) is 13.9. The number of anilines is 1. The van der Waals surface area contributed by atoms with Gasteiger partial charge in [0.15, 0.2) is 0 Å². The van der Waals surface area contributed by atoms with Crippen LogP contribution in [0.2, 0.25) is 0 Å². The molecule has 0 saturated carbocycles. The van der Waals surface area contributed by atoms with Crippen LogP contribution < -0.4 is 10.2 Å². The topological polar surface area (TPSA) is 28.2 Å². The highest BCUT2D eigenvalue weighted by Gasteiger charge is 2.32. The molecule has 0 spiro atoms. The van der Waals surface area contributed by atoms with Gasteiger partial charge in [-0.3, -0.25) is 0 Å². The van der Waals surface area contributed by atoms with Crippen molar-refractivity contribution in [3.8, 4) is 0 Å². The van der Waals surface area contributed by atoms with Gasteiger partial charge < -0.3 is 10.2 Å². The van der Waals surface area contributed by atoms with Gasteiger partial charge in [0.25, 0.3) is 0 Å². The first-order chi connectivity index (χ1) is 9.06. The first-order valence-electron chi connectivity index (χ1n) is 7.49. The number of hydrogen-bond acceptors (Lipinski definition) is 3. The summed E-state index contributed by atoms with van der Waals surface area (Å²) in [4.78, 5) is 7.36. The van der Waals surface area contributed by atoms with Crippen LogP contribution in [0.3, 0.4) is 0 Å². The molecule has 0 aromatic carbocycles. The summed E-state index contributed by atoms with van der Waals surface area (Å²) >= 11 is 0. The quantitative estimate of drug-likeness (QED) is 0.882. The predicted octanol–water partition coefficient (Wildman–Crippen LogP) is 3.13. The Bertz CT molecular complexity index is 402. The van der Waals surface area contributed by atoms with Gasteiger partial charge in [-0.15, -0.1) is 0 Å². The van der Waals surface area contributed by atoms with Crippen molar-refractivity contribution >= 4 is 5.82 Å². The summed E-state index contributed by atoms with van der Waals surface area (Å²) in [6.07, 6.45) is 4.75. The highest BCUT2D eigenvalue weighted by Crippen LogP contribution is 2.33. The minimum Gasteiger partial charge on any atom is -0.351 e. The Hall–Kier alpha value is -1.09. The minimum atomic E-state index is 0.245. The van der Waals surface area contributed by atoms with Crippen molar-refractivity contribution in [3.63, 3.8) is 0 Å². The Morgan fingerprint density at radius 3 is 2.74 bits per heavy atom. The smallest absolute Gasteiger partial charge is 0.129 e. The van der Waals surface area contributed by atoms with Crippen molar-refractivity contribution in [1.82, 2.24) is 10.3 Å². The molecule has 0 unspecified atom stereocenters. The van der Waals surface area contributed by atoms with Crippen LogP contribution in [0.1, 0.15) is 51.3 Å². The third-order valence-electron chi connectivity index (χ3n) is 3.99. The Balaban J connectivity index is 2.32. The number of aromatic nitrogens is 1. The second kappa shape index (κ2) is 5.91. The number of aryl methyl sites for hydroxylation is 1. The predicted molar refractivity (Wildman–Crippen MR) is 81.7 cm³/mol. The second-order valence-corrected chi connectivity index (χ2v) is 6.17. The van der Waals surface area contributed by atoms with Gasteiger partial charge in [-0.05, 0) is 57.9 Å². The molecule has 1 N–H and O–H groups in total. The molecule has 0 radical (unpaired) electrons. The second-order valence-electron chi connectivity index (χ2n) is 6.17. The fraction of sp³-hybridized carbons (Fsp3) is 0.688. The van der Waals surface area contributed by atoms with E-state index in [0.29, 0.717) is 0 Å². The molecular weight excluding hydrogens is 234 g/mol. The maximum absolute atomic E-state index is 4.88. The molecule has 1 aromatic rings. The van der Waals surface area contributed by atoms with Gasteiger partial charge in [0.2, 0.25) is 0 Å². The lowest BCUT2D eigenvalue weighted by Gasteiger charge is -2.33. The van der Waals surface area contributed by atoms with Gasteiger partial charge in [0.05, 0.1) is 0 Å². The lowest BCUT2D eigenvalue weighted by Crippen LogP contribution is -2.38. The summed E-state index contributed by atoms with van der Waals surface area (Å²) in [5.74, 6) is 1.17. The monoisotopic (exact) mass is 261 g/mol. The largest absolute Gasteiger partial charge is 0.351 e. The van der Waals surface area contributed by atoms with Crippen LogP contribution in [0.15, 0.2) is 12.1 Å². The third-order valence-corrected chi connectivity index (χ3v) is 3.99. The SMILES string of the molecule is CCCc1cc(CNC)cc(N2CCCC2(C)C)n1. The molecule has 0 aliphatic carbocycles. The molecular formula is C16H27N3. The van der Waals surface area contributed by atoms with E-state index in [4.69, 9.17) is 4.98 Å². The normalized spacial score (nSPS) is 18.0. The van der Waals surface area contributed by atoms with Gasteiger partial charge >= 0.3 is 0 Å². The first-order valence-corrected chi connectivity index (χ1v) is 7.49. The fourth-order valence-corrected chi connectivity index (χ4v) is 2.99. The maximum Gasteiger partial charge on any atom is 0.129 e. The molecule has 1 aromatic heterocycles. The van der Waals surface area contributed by atoms with Gasteiger partial charge in [-0.1, -0.05) is 13.3 Å². The standard InChI is InChI=1S/C16H27N3/c1-5-7-14-10-13(12-17-4)11-15(18-14)19-9-6-8-16(19,2)3/h10-11,17H,5-9,12H2,1-4H3. The molecule has 0 atom stereocenters. The summed E-state index contributed by atoms with van der Waals surface area (Å²) in [7, 11) is 2.00. The lowest BCUT2D eigenvalue weighted by atomic mass is 10.0. The minimum absolute atomic E-state index is 0.245. The van der Waals surface area contributed by atoms with E-state index in [9.17, 15) is 0 Å². The number of nitrogens with one attached hydrogen (secondary N) is 1. The molecule has 3 heteroatoms. The van der Waals surface area contributed by atoms with Crippen molar-refractivity contribution in [3.05, 3.63) is 23.4 Å². The average molecular weight is 261 g/mol. The molecule has 1 saturated heterocycles. The van der Waals surface area contributed by atoms with Crippen LogP contribution in [-0.2, 0) is 13.0 Å². The fourth-order valence-electron chi connectivity index (χ4n) is 2.99. The summed E-state index contributed by atoms with van der Waals surface area (Å²) in [6, 6.07) is 4.50. The maximum atomic E-state index is 4.88. The van der Waals surface area contributed by atoms with E-state index in [1.165, 1.54) is 29.9 Å². The highest BCUT2D eigenvalue weighted by molar-refractivity contribution is 5.46. The zero-order valence-corrected chi connectivity index (χ0v) is 12.8. The van der Waals surface area contributed by atoms with Crippen LogP contribution in [-0.4, -0.2) is 24.1 Å². The summed E-state index contributed by atoms with van der Waals surface area (Å²) in [5.41, 5.74) is 2.82. The molecule has 3 nitrogen and oxygen atoms in total. The van der Waals surface area contributed by atoms with E-state index in [0.717, 1.165) is 25.9 Å². The lowest BCUT2D eigenvalue weighted by molar-refractivity contribution is 0.513. The molecule has 2 heterocycles. The number of hydrogen-bond donors (Lipinski definition) is 1. The molecule has 1 aliphatic rings. The van der Waals surface area contributed by atoms with Gasteiger partial charge in [-0.2, -0.15) is 0 Å². The van der Waals surface area contributed by atoms with E-state index < -0.39 is 0 Å². The summed E-state index contributed by atoms with van der Waals surface area (Å²) in [5, 5.41) is 3.25. The van der Waals surface area contributed by atoms with Gasteiger partial charge in [0.1, 0.15) is 5.82 Å². The number of rotatable bonds is 5. The van der Waals surface area contributed by atoms with Crippen molar-refractivity contribution in [2.45, 2.75) is 58.5 Å². The van der Waals surface area contributed by atoms with E-state index in [1.807, 2.05) is 7.05 Å². The van der Waals surface area contributed by atoms with Crippen molar-refractivity contribution in [2.24, 2.45) is 0 Å². The van der Waals surface area contributed by atoms with Crippen LogP contribution in [0.5, 0.6) is 0 Å². The molecule has 0 bridgehead atoms.